The molecule has 0 atom stereocenters. The highest BCUT2D eigenvalue weighted by Gasteiger charge is 2.30. The molecule has 1 amide bonds. The van der Waals surface area contributed by atoms with Crippen molar-refractivity contribution >= 4 is 23.2 Å². The van der Waals surface area contributed by atoms with Crippen molar-refractivity contribution in [3.63, 3.8) is 0 Å². The molecule has 0 aliphatic carbocycles. The van der Waals surface area contributed by atoms with Gasteiger partial charge in [0, 0.05) is 19.0 Å². The lowest BCUT2D eigenvalue weighted by molar-refractivity contribution is -0.137. The molecule has 0 heterocycles. The molecule has 0 aliphatic rings. The van der Waals surface area contributed by atoms with Crippen LogP contribution in [0.1, 0.15) is 25.8 Å². The lowest BCUT2D eigenvalue weighted by Gasteiger charge is -2.12. The van der Waals surface area contributed by atoms with E-state index < -0.39 is 11.7 Å². The van der Waals surface area contributed by atoms with Crippen LogP contribution >= 0.6 is 11.6 Å². The van der Waals surface area contributed by atoms with E-state index in [0.717, 1.165) is 18.2 Å². The summed E-state index contributed by atoms with van der Waals surface area (Å²) < 4.78 is 37.4. The van der Waals surface area contributed by atoms with Crippen LogP contribution in [0.15, 0.2) is 18.2 Å². The molecule has 3 nitrogen and oxygen atoms in total. The molecule has 1 aromatic rings. The fourth-order valence-corrected chi connectivity index (χ4v) is 1.71. The van der Waals surface area contributed by atoms with Crippen molar-refractivity contribution in [1.82, 2.24) is 5.32 Å². The predicted molar refractivity (Wildman–Crippen MR) is 72.8 cm³/mol. The highest BCUT2D eigenvalue weighted by atomic mass is 35.5. The second-order valence-corrected chi connectivity index (χ2v) is 5.01. The van der Waals surface area contributed by atoms with E-state index in [1.54, 1.807) is 0 Å². The lowest BCUT2D eigenvalue weighted by atomic mass is 10.2. The summed E-state index contributed by atoms with van der Waals surface area (Å²) in [7, 11) is 0. The first-order valence-corrected chi connectivity index (χ1v) is 6.48. The van der Waals surface area contributed by atoms with E-state index in [0.29, 0.717) is 6.54 Å². The Labute approximate surface area is 120 Å². The number of rotatable bonds is 5. The van der Waals surface area contributed by atoms with Gasteiger partial charge in [-0.05, 0) is 18.2 Å². The molecule has 2 N–H and O–H groups in total. The summed E-state index contributed by atoms with van der Waals surface area (Å²) in [6.07, 6.45) is -4.23. The van der Waals surface area contributed by atoms with E-state index in [2.05, 4.69) is 10.6 Å². The van der Waals surface area contributed by atoms with Gasteiger partial charge in [-0.3, -0.25) is 4.79 Å². The molecule has 0 unspecified atom stereocenters. The normalized spacial score (nSPS) is 11.8. The molecule has 0 bridgehead atoms. The molecule has 0 spiro atoms. The van der Waals surface area contributed by atoms with Crippen LogP contribution in [0.25, 0.3) is 0 Å². The van der Waals surface area contributed by atoms with Crippen molar-refractivity contribution < 1.29 is 18.0 Å². The van der Waals surface area contributed by atoms with Crippen LogP contribution in [0.3, 0.4) is 0 Å². The molecule has 20 heavy (non-hydrogen) atoms. The van der Waals surface area contributed by atoms with Crippen LogP contribution in [-0.2, 0) is 11.0 Å². The molecule has 1 rings (SSSR count). The van der Waals surface area contributed by atoms with Crippen molar-refractivity contribution in [2.45, 2.75) is 32.5 Å². The Morgan fingerprint density at radius 1 is 1.35 bits per heavy atom. The van der Waals surface area contributed by atoms with Crippen molar-refractivity contribution in [3.8, 4) is 0 Å². The Kier molecular flexibility index (Phi) is 5.83. The molecule has 112 valence electrons. The largest absolute Gasteiger partial charge is 0.416 e. The Bertz CT molecular complexity index is 475. The zero-order chi connectivity index (χ0) is 15.3. The second-order valence-electron chi connectivity index (χ2n) is 4.60. The van der Waals surface area contributed by atoms with Crippen LogP contribution in [0.4, 0.5) is 18.9 Å². The molecule has 1 aromatic carbocycles. The number of nitrogens with one attached hydrogen (secondary N) is 2. The summed E-state index contributed by atoms with van der Waals surface area (Å²) in [5, 5.41) is 5.41. The number of alkyl halides is 3. The van der Waals surface area contributed by atoms with Gasteiger partial charge in [-0.2, -0.15) is 13.2 Å². The van der Waals surface area contributed by atoms with E-state index in [-0.39, 0.29) is 29.1 Å². The maximum atomic E-state index is 12.5. The van der Waals surface area contributed by atoms with Crippen molar-refractivity contribution in [3.05, 3.63) is 28.8 Å². The number of anilines is 1. The predicted octanol–water partition coefficient (Wildman–Crippen LogP) is 3.69. The zero-order valence-electron chi connectivity index (χ0n) is 11.1. The van der Waals surface area contributed by atoms with Crippen molar-refractivity contribution in [1.29, 1.82) is 0 Å². The van der Waals surface area contributed by atoms with E-state index in [9.17, 15) is 18.0 Å². The quantitative estimate of drug-likeness (QED) is 0.871. The fraction of sp³-hybridized carbons (Fsp3) is 0.462. The highest BCUT2D eigenvalue weighted by molar-refractivity contribution is 6.33. The van der Waals surface area contributed by atoms with Gasteiger partial charge in [0.1, 0.15) is 0 Å². The number of carbonyl (C=O) groups excluding carboxylic acids is 1. The number of halogens is 4. The zero-order valence-corrected chi connectivity index (χ0v) is 11.9. The second kappa shape index (κ2) is 6.95. The van der Waals surface area contributed by atoms with Crippen LogP contribution < -0.4 is 10.6 Å². The first-order chi connectivity index (χ1) is 9.20. The SMILES string of the molecule is CC(C)NCCC(=O)Nc1ccc(C(F)(F)F)cc1Cl. The molecule has 0 saturated heterocycles. The van der Waals surface area contributed by atoms with E-state index in [1.165, 1.54) is 0 Å². The first kappa shape index (κ1) is 16.8. The van der Waals surface area contributed by atoms with Crippen LogP contribution in [0.5, 0.6) is 0 Å². The molecule has 0 aliphatic heterocycles. The maximum Gasteiger partial charge on any atom is 0.416 e. The minimum atomic E-state index is -4.45. The van der Waals surface area contributed by atoms with Gasteiger partial charge in [0.15, 0.2) is 0 Å². The van der Waals surface area contributed by atoms with Gasteiger partial charge in [0.25, 0.3) is 0 Å². The smallest absolute Gasteiger partial charge is 0.325 e. The average Bonchev–Trinajstić information content (AvgIpc) is 2.29. The van der Waals surface area contributed by atoms with Gasteiger partial charge < -0.3 is 10.6 Å². The topological polar surface area (TPSA) is 41.1 Å². The number of amides is 1. The van der Waals surface area contributed by atoms with Crippen LogP contribution in [-0.4, -0.2) is 18.5 Å². The summed E-state index contributed by atoms with van der Waals surface area (Å²) in [5.74, 6) is -0.306. The number of hydrogen-bond donors (Lipinski definition) is 2. The number of hydrogen-bond acceptors (Lipinski definition) is 2. The lowest BCUT2D eigenvalue weighted by Crippen LogP contribution is -2.27. The van der Waals surface area contributed by atoms with Gasteiger partial charge in [-0.15, -0.1) is 0 Å². The van der Waals surface area contributed by atoms with Crippen LogP contribution in [0, 0.1) is 0 Å². The average molecular weight is 309 g/mol. The molecule has 0 saturated carbocycles. The number of carbonyl (C=O) groups is 1. The molecule has 0 aromatic heterocycles. The van der Waals surface area contributed by atoms with Gasteiger partial charge in [0.2, 0.25) is 5.91 Å². The Balaban J connectivity index is 2.62. The highest BCUT2D eigenvalue weighted by Crippen LogP contribution is 2.33. The summed E-state index contributed by atoms with van der Waals surface area (Å²) in [6, 6.07) is 3.09. The minimum Gasteiger partial charge on any atom is -0.325 e. The molecule has 0 radical (unpaired) electrons. The third-order valence-electron chi connectivity index (χ3n) is 2.48. The molecular weight excluding hydrogens is 293 g/mol. The summed E-state index contributed by atoms with van der Waals surface area (Å²) >= 11 is 5.73. The first-order valence-electron chi connectivity index (χ1n) is 6.10. The van der Waals surface area contributed by atoms with Crippen LogP contribution in [0.2, 0.25) is 5.02 Å². The van der Waals surface area contributed by atoms with Gasteiger partial charge in [-0.1, -0.05) is 25.4 Å². The van der Waals surface area contributed by atoms with E-state index in [1.807, 2.05) is 13.8 Å². The van der Waals surface area contributed by atoms with Gasteiger partial charge in [-0.25, -0.2) is 0 Å². The van der Waals surface area contributed by atoms with Gasteiger partial charge >= 0.3 is 6.18 Å². The molecule has 0 fully saturated rings. The van der Waals surface area contributed by atoms with Gasteiger partial charge in [0.05, 0.1) is 16.3 Å². The number of benzene rings is 1. The van der Waals surface area contributed by atoms with E-state index >= 15 is 0 Å². The third-order valence-corrected chi connectivity index (χ3v) is 2.79. The summed E-state index contributed by atoms with van der Waals surface area (Å²) in [4.78, 5) is 11.6. The molecular formula is C13H16ClF3N2O. The summed E-state index contributed by atoms with van der Waals surface area (Å²) in [5.41, 5.74) is -0.670. The monoisotopic (exact) mass is 308 g/mol. The van der Waals surface area contributed by atoms with Crippen molar-refractivity contribution in [2.24, 2.45) is 0 Å². The third kappa shape index (κ3) is 5.38. The standard InChI is InChI=1S/C13H16ClF3N2O/c1-8(2)18-6-5-12(20)19-11-4-3-9(7-10(11)14)13(15,16)17/h3-4,7-8,18H,5-6H2,1-2H3,(H,19,20). The Hall–Kier alpha value is -1.27. The Morgan fingerprint density at radius 3 is 2.50 bits per heavy atom. The summed E-state index contributed by atoms with van der Waals surface area (Å²) in [6.45, 7) is 4.39. The maximum absolute atomic E-state index is 12.5. The minimum absolute atomic E-state index is 0.134. The Morgan fingerprint density at radius 2 is 2.00 bits per heavy atom. The fourth-order valence-electron chi connectivity index (χ4n) is 1.48. The van der Waals surface area contributed by atoms with E-state index in [4.69, 9.17) is 11.6 Å². The van der Waals surface area contributed by atoms with Crippen molar-refractivity contribution in [2.75, 3.05) is 11.9 Å². The molecule has 7 heteroatoms.